The van der Waals surface area contributed by atoms with E-state index in [9.17, 15) is 0 Å². The Morgan fingerprint density at radius 1 is 1.25 bits per heavy atom. The van der Waals surface area contributed by atoms with Gasteiger partial charge >= 0.3 is 0 Å². The molecule has 3 N–H and O–H groups in total. The zero-order valence-corrected chi connectivity index (χ0v) is 12.9. The maximum Gasteiger partial charge on any atom is 0.136 e. The number of nitrogens with one attached hydrogen (secondary N) is 2. The van der Waals surface area contributed by atoms with Crippen molar-refractivity contribution in [3.8, 4) is 0 Å². The van der Waals surface area contributed by atoms with Crippen LogP contribution in [0.4, 0.5) is 11.6 Å². The molecule has 0 amide bonds. The fourth-order valence-electron chi connectivity index (χ4n) is 1.87. The Bertz CT molecular complexity index is 412. The summed E-state index contributed by atoms with van der Waals surface area (Å²) in [5.74, 6) is 5.41. The molecule has 5 nitrogen and oxygen atoms in total. The molecule has 6 heteroatoms. The third-order valence-electron chi connectivity index (χ3n) is 3.04. The van der Waals surface area contributed by atoms with Crippen LogP contribution in [0.2, 0.25) is 0 Å². The number of nitrogens with zero attached hydrogens (tertiary/aromatic N) is 2. The van der Waals surface area contributed by atoms with Crippen LogP contribution in [0.25, 0.3) is 0 Å². The van der Waals surface area contributed by atoms with Gasteiger partial charge in [-0.2, -0.15) is 11.8 Å². The van der Waals surface area contributed by atoms with E-state index in [4.69, 9.17) is 5.11 Å². The molecule has 20 heavy (non-hydrogen) atoms. The van der Waals surface area contributed by atoms with Gasteiger partial charge in [0, 0.05) is 37.4 Å². The highest BCUT2D eigenvalue weighted by Crippen LogP contribution is 2.38. The zero-order valence-electron chi connectivity index (χ0n) is 12.1. The Morgan fingerprint density at radius 2 is 2.00 bits per heavy atom. The SMILES string of the molecule is CCNc1cc(NCCSCCCO)nc(C2CC2)n1. The highest BCUT2D eigenvalue weighted by molar-refractivity contribution is 7.99. The van der Waals surface area contributed by atoms with E-state index in [1.54, 1.807) is 0 Å². The third-order valence-corrected chi connectivity index (χ3v) is 4.11. The van der Waals surface area contributed by atoms with Crippen LogP contribution >= 0.6 is 11.8 Å². The molecule has 0 saturated heterocycles. The molecule has 1 fully saturated rings. The van der Waals surface area contributed by atoms with Gasteiger partial charge in [0.25, 0.3) is 0 Å². The fourth-order valence-corrected chi connectivity index (χ4v) is 2.66. The van der Waals surface area contributed by atoms with Crippen LogP contribution in [0.15, 0.2) is 6.07 Å². The summed E-state index contributed by atoms with van der Waals surface area (Å²) in [5, 5.41) is 15.4. The number of hydrogen-bond acceptors (Lipinski definition) is 6. The van der Waals surface area contributed by atoms with Crippen LogP contribution in [0.3, 0.4) is 0 Å². The molecule has 1 aromatic heterocycles. The van der Waals surface area contributed by atoms with E-state index in [1.165, 1.54) is 12.8 Å². The molecule has 1 aliphatic carbocycles. The lowest BCUT2D eigenvalue weighted by molar-refractivity contribution is 0.296. The highest BCUT2D eigenvalue weighted by atomic mass is 32.2. The molecule has 0 bridgehead atoms. The van der Waals surface area contributed by atoms with Crippen molar-refractivity contribution in [3.05, 3.63) is 11.9 Å². The molecule has 1 aliphatic rings. The number of hydrogen-bond donors (Lipinski definition) is 3. The largest absolute Gasteiger partial charge is 0.396 e. The van der Waals surface area contributed by atoms with Gasteiger partial charge in [-0.1, -0.05) is 0 Å². The van der Waals surface area contributed by atoms with Gasteiger partial charge < -0.3 is 15.7 Å². The number of aromatic nitrogens is 2. The van der Waals surface area contributed by atoms with E-state index >= 15 is 0 Å². The predicted octanol–water partition coefficient (Wildman–Crippen LogP) is 2.31. The number of aliphatic hydroxyl groups excluding tert-OH is 1. The molecule has 1 heterocycles. The third kappa shape index (κ3) is 5.17. The molecule has 0 radical (unpaired) electrons. The van der Waals surface area contributed by atoms with E-state index in [1.807, 2.05) is 17.8 Å². The first-order valence-electron chi connectivity index (χ1n) is 7.38. The van der Waals surface area contributed by atoms with Gasteiger partial charge in [-0.3, -0.25) is 0 Å². The summed E-state index contributed by atoms with van der Waals surface area (Å²) < 4.78 is 0. The first kappa shape index (κ1) is 15.4. The minimum Gasteiger partial charge on any atom is -0.396 e. The minimum absolute atomic E-state index is 0.281. The monoisotopic (exact) mass is 296 g/mol. The molecule has 2 rings (SSSR count). The van der Waals surface area contributed by atoms with Crippen LogP contribution in [-0.2, 0) is 0 Å². The van der Waals surface area contributed by atoms with Gasteiger partial charge in [0.2, 0.25) is 0 Å². The summed E-state index contributed by atoms with van der Waals surface area (Å²) in [7, 11) is 0. The molecule has 1 aromatic rings. The van der Waals surface area contributed by atoms with Crippen molar-refractivity contribution in [1.29, 1.82) is 0 Å². The fraction of sp³-hybridized carbons (Fsp3) is 0.714. The second kappa shape index (κ2) is 8.32. The maximum atomic E-state index is 8.72. The first-order valence-corrected chi connectivity index (χ1v) is 8.54. The number of rotatable bonds is 10. The van der Waals surface area contributed by atoms with Gasteiger partial charge in [-0.05, 0) is 31.9 Å². The summed E-state index contributed by atoms with van der Waals surface area (Å²) >= 11 is 1.85. The van der Waals surface area contributed by atoms with Crippen molar-refractivity contribution in [1.82, 2.24) is 9.97 Å². The molecule has 112 valence electrons. The average molecular weight is 296 g/mol. The highest BCUT2D eigenvalue weighted by Gasteiger charge is 2.27. The molecule has 1 saturated carbocycles. The Hall–Kier alpha value is -1.01. The van der Waals surface area contributed by atoms with Crippen LogP contribution in [0.5, 0.6) is 0 Å². The van der Waals surface area contributed by atoms with Crippen molar-refractivity contribution in [2.75, 3.05) is 41.8 Å². The molecule has 0 aromatic carbocycles. The summed E-state index contributed by atoms with van der Waals surface area (Å²) in [6.45, 7) is 4.12. The molecule has 0 unspecified atom stereocenters. The standard InChI is InChI=1S/C14H24N4OS/c1-2-15-12-10-13(16-6-9-20-8-3-7-19)18-14(17-12)11-4-5-11/h10-11,19H,2-9H2,1H3,(H2,15,16,17,18). The lowest BCUT2D eigenvalue weighted by atomic mass is 10.3. The van der Waals surface area contributed by atoms with E-state index in [2.05, 4.69) is 27.5 Å². The second-order valence-electron chi connectivity index (χ2n) is 4.92. The Morgan fingerprint density at radius 3 is 2.65 bits per heavy atom. The summed E-state index contributed by atoms with van der Waals surface area (Å²) in [5.41, 5.74) is 0. The van der Waals surface area contributed by atoms with Crippen LogP contribution in [0, 0.1) is 0 Å². The topological polar surface area (TPSA) is 70.1 Å². The lowest BCUT2D eigenvalue weighted by Crippen LogP contribution is -2.10. The van der Waals surface area contributed by atoms with Crippen molar-refractivity contribution in [2.45, 2.75) is 32.1 Å². The number of thioether (sulfide) groups is 1. The van der Waals surface area contributed by atoms with Gasteiger partial charge in [0.15, 0.2) is 0 Å². The quantitative estimate of drug-likeness (QED) is 0.576. The Labute approximate surface area is 125 Å². The van der Waals surface area contributed by atoms with E-state index < -0.39 is 0 Å². The van der Waals surface area contributed by atoms with E-state index in [0.717, 1.165) is 48.5 Å². The van der Waals surface area contributed by atoms with Gasteiger partial charge in [0.1, 0.15) is 17.5 Å². The molecular weight excluding hydrogens is 272 g/mol. The van der Waals surface area contributed by atoms with Crippen LogP contribution in [-0.4, -0.2) is 46.3 Å². The Kier molecular flexibility index (Phi) is 6.39. The molecule has 0 aliphatic heterocycles. The maximum absolute atomic E-state index is 8.72. The van der Waals surface area contributed by atoms with Gasteiger partial charge in [0.05, 0.1) is 0 Å². The summed E-state index contributed by atoms with van der Waals surface area (Å²) in [6, 6.07) is 1.98. The van der Waals surface area contributed by atoms with Crippen LogP contribution in [0.1, 0.15) is 37.9 Å². The second-order valence-corrected chi connectivity index (χ2v) is 6.14. The minimum atomic E-state index is 0.281. The summed E-state index contributed by atoms with van der Waals surface area (Å²) in [4.78, 5) is 9.16. The summed E-state index contributed by atoms with van der Waals surface area (Å²) in [6.07, 6.45) is 3.30. The van der Waals surface area contributed by atoms with Crippen LogP contribution < -0.4 is 10.6 Å². The number of anilines is 2. The van der Waals surface area contributed by atoms with Crippen molar-refractivity contribution < 1.29 is 5.11 Å². The first-order chi connectivity index (χ1) is 9.83. The smallest absolute Gasteiger partial charge is 0.136 e. The lowest BCUT2D eigenvalue weighted by Gasteiger charge is -2.10. The van der Waals surface area contributed by atoms with Crippen molar-refractivity contribution in [2.24, 2.45) is 0 Å². The predicted molar refractivity (Wildman–Crippen MR) is 85.7 cm³/mol. The normalized spacial score (nSPS) is 14.3. The van der Waals surface area contributed by atoms with Gasteiger partial charge in [-0.25, -0.2) is 9.97 Å². The average Bonchev–Trinajstić information content (AvgIpc) is 3.27. The number of aliphatic hydroxyl groups is 1. The Balaban J connectivity index is 1.82. The zero-order chi connectivity index (χ0) is 14.2. The molecule has 0 spiro atoms. The van der Waals surface area contributed by atoms with E-state index in [0.29, 0.717) is 5.92 Å². The van der Waals surface area contributed by atoms with Gasteiger partial charge in [-0.15, -0.1) is 0 Å². The van der Waals surface area contributed by atoms with Crippen molar-refractivity contribution in [3.63, 3.8) is 0 Å². The van der Waals surface area contributed by atoms with E-state index in [-0.39, 0.29) is 6.61 Å². The molecular formula is C14H24N4OS. The molecule has 0 atom stereocenters. The van der Waals surface area contributed by atoms with Crippen molar-refractivity contribution >= 4 is 23.4 Å².